The van der Waals surface area contributed by atoms with Gasteiger partial charge in [-0.2, -0.15) is 16.8 Å². The van der Waals surface area contributed by atoms with E-state index in [9.17, 15) is 18.9 Å². The largest absolute Gasteiger partial charge is 0.465 e. The number of benzene rings is 1. The van der Waals surface area contributed by atoms with Gasteiger partial charge in [0.25, 0.3) is 5.56 Å². The summed E-state index contributed by atoms with van der Waals surface area (Å²) in [5, 5.41) is 2.74. The molecule has 1 aromatic heterocycles. The second-order valence-corrected chi connectivity index (χ2v) is 10.5. The van der Waals surface area contributed by atoms with Crippen molar-refractivity contribution in [3.05, 3.63) is 75.1 Å². The summed E-state index contributed by atoms with van der Waals surface area (Å²) in [7, 11) is -4.07. The minimum Gasteiger partial charge on any atom is -0.465 e. The number of nitrogens with zero attached hydrogens (tertiary/aromatic N) is 1. The number of ether oxygens (including phenoxy) is 2. The van der Waals surface area contributed by atoms with Crippen molar-refractivity contribution in [3.63, 3.8) is 0 Å². The van der Waals surface area contributed by atoms with Gasteiger partial charge < -0.3 is 14.0 Å². The Kier molecular flexibility index (Phi) is 10.1. The highest BCUT2D eigenvalue weighted by atomic mass is 32.2. The van der Waals surface area contributed by atoms with Gasteiger partial charge in [-0.1, -0.05) is 24.3 Å². The third kappa shape index (κ3) is 7.68. The Labute approximate surface area is 212 Å². The average molecular weight is 540 g/mol. The van der Waals surface area contributed by atoms with Crippen molar-refractivity contribution in [2.45, 2.75) is 38.6 Å². The zero-order chi connectivity index (χ0) is 26.1. The lowest BCUT2D eigenvalue weighted by Gasteiger charge is -2.25. The number of thioether (sulfide) groups is 1. The first-order chi connectivity index (χ1) is 17.2. The van der Waals surface area contributed by atoms with Crippen molar-refractivity contribution >= 4 is 25.5 Å². The molecular weight excluding hydrogens is 509 g/mol. The molecule has 0 amide bonds. The molecule has 1 aliphatic rings. The van der Waals surface area contributed by atoms with E-state index in [4.69, 9.17) is 18.5 Å². The molecular formula is C23H30N3O8PS. The summed E-state index contributed by atoms with van der Waals surface area (Å²) in [6.07, 6.45) is 5.48. The maximum atomic E-state index is 13.8. The summed E-state index contributed by atoms with van der Waals surface area (Å²) in [5.74, 6) is 0.347. The Morgan fingerprint density at radius 2 is 2.03 bits per heavy atom. The van der Waals surface area contributed by atoms with Crippen LogP contribution >= 0.6 is 19.5 Å². The molecule has 0 bridgehead atoms. The number of esters is 1. The minimum atomic E-state index is -4.07. The van der Waals surface area contributed by atoms with E-state index in [1.165, 1.54) is 22.5 Å². The summed E-state index contributed by atoms with van der Waals surface area (Å²) in [4.78, 5) is 38.5. The van der Waals surface area contributed by atoms with Gasteiger partial charge in [0.1, 0.15) is 17.9 Å². The zero-order valence-corrected chi connectivity index (χ0v) is 22.0. The fraction of sp³-hybridized carbons (Fsp3) is 0.435. The van der Waals surface area contributed by atoms with Crippen molar-refractivity contribution in [1.29, 1.82) is 0 Å². The molecule has 196 valence electrons. The molecule has 13 heteroatoms. The van der Waals surface area contributed by atoms with Crippen molar-refractivity contribution in [2.24, 2.45) is 0 Å². The van der Waals surface area contributed by atoms with Crippen LogP contribution in [0.15, 0.2) is 58.3 Å². The lowest BCUT2D eigenvalue weighted by atomic mass is 10.2. The van der Waals surface area contributed by atoms with Crippen molar-refractivity contribution < 1.29 is 27.9 Å². The van der Waals surface area contributed by atoms with Gasteiger partial charge >= 0.3 is 19.4 Å². The van der Waals surface area contributed by atoms with Gasteiger partial charge in [-0.25, -0.2) is 9.36 Å². The number of para-hydroxylation sites is 1. The fourth-order valence-electron chi connectivity index (χ4n) is 3.30. The van der Waals surface area contributed by atoms with Gasteiger partial charge in [0.05, 0.1) is 13.2 Å². The molecule has 0 saturated heterocycles. The maximum absolute atomic E-state index is 13.8. The molecule has 0 spiro atoms. The summed E-state index contributed by atoms with van der Waals surface area (Å²) in [6, 6.07) is 7.53. The topological polar surface area (TPSA) is 138 Å². The molecule has 0 aliphatic carbocycles. The SMILES string of the molecule is CCOC(=O)[C@H](CCSC)NP(=O)(OC[C@@H]1C=C[C@H](n2cc(C)c(=O)[nH]c2=O)O1)Oc1ccccc1. The number of aromatic nitrogens is 2. The molecule has 4 atom stereocenters. The van der Waals surface area contributed by atoms with Gasteiger partial charge in [0.2, 0.25) is 0 Å². The molecule has 0 saturated carbocycles. The van der Waals surface area contributed by atoms with Gasteiger partial charge in [-0.05, 0) is 50.5 Å². The van der Waals surface area contributed by atoms with E-state index in [0.717, 1.165) is 0 Å². The third-order valence-corrected chi connectivity index (χ3v) is 7.31. The monoisotopic (exact) mass is 539 g/mol. The minimum absolute atomic E-state index is 0.173. The van der Waals surface area contributed by atoms with Crippen molar-refractivity contribution in [2.75, 3.05) is 25.2 Å². The Balaban J connectivity index is 1.74. The van der Waals surface area contributed by atoms with Crippen LogP contribution in [0.25, 0.3) is 0 Å². The van der Waals surface area contributed by atoms with E-state index in [2.05, 4.69) is 10.1 Å². The highest BCUT2D eigenvalue weighted by Gasteiger charge is 2.35. The molecule has 0 fully saturated rings. The van der Waals surface area contributed by atoms with Crippen LogP contribution in [0.3, 0.4) is 0 Å². The quantitative estimate of drug-likeness (QED) is 0.222. The summed E-state index contributed by atoms with van der Waals surface area (Å²) >= 11 is 1.53. The van der Waals surface area contributed by atoms with E-state index in [0.29, 0.717) is 17.7 Å². The standard InChI is InChI=1S/C23H30N3O8PS/c1-4-31-22(28)19(12-13-36-3)25-35(30,34-17-8-6-5-7-9-17)32-15-18-10-11-20(33-18)26-14-16(2)21(27)24-23(26)29/h5-11,14,18-20H,4,12-13,15H2,1-3H3,(H,25,30)(H,24,27,29)/t18-,19-,20+,35?/m0/s1. The predicted molar refractivity (Wildman–Crippen MR) is 136 cm³/mol. The number of hydrogen-bond acceptors (Lipinski definition) is 9. The number of H-pyrrole nitrogens is 1. The van der Waals surface area contributed by atoms with Crippen LogP contribution in [0.2, 0.25) is 0 Å². The number of aryl methyl sites for hydroxylation is 1. The van der Waals surface area contributed by atoms with Gasteiger partial charge in [0, 0.05) is 11.8 Å². The highest BCUT2D eigenvalue weighted by Crippen LogP contribution is 2.45. The number of hydrogen-bond donors (Lipinski definition) is 2. The van der Waals surface area contributed by atoms with Crippen LogP contribution in [0.1, 0.15) is 25.1 Å². The molecule has 2 heterocycles. The van der Waals surface area contributed by atoms with E-state index >= 15 is 0 Å². The maximum Gasteiger partial charge on any atom is 0.459 e. The molecule has 11 nitrogen and oxygen atoms in total. The average Bonchev–Trinajstić information content (AvgIpc) is 3.32. The predicted octanol–water partition coefficient (Wildman–Crippen LogP) is 2.78. The van der Waals surface area contributed by atoms with E-state index < -0.39 is 43.3 Å². The molecule has 36 heavy (non-hydrogen) atoms. The fourth-order valence-corrected chi connectivity index (χ4v) is 5.31. The first kappa shape index (κ1) is 27.9. The summed E-state index contributed by atoms with van der Waals surface area (Å²) in [5.41, 5.74) is -0.736. The number of aromatic amines is 1. The first-order valence-electron chi connectivity index (χ1n) is 11.3. The Bertz CT molecular complexity index is 1220. The molecule has 1 aliphatic heterocycles. The number of nitrogens with one attached hydrogen (secondary N) is 2. The molecule has 2 aromatic rings. The normalized spacial score (nSPS) is 19.5. The lowest BCUT2D eigenvalue weighted by Crippen LogP contribution is -2.38. The zero-order valence-electron chi connectivity index (χ0n) is 20.2. The summed E-state index contributed by atoms with van der Waals surface area (Å²) in [6.45, 7) is 3.25. The van der Waals surface area contributed by atoms with Crippen molar-refractivity contribution in [1.82, 2.24) is 14.6 Å². The van der Waals surface area contributed by atoms with Crippen LogP contribution in [0.5, 0.6) is 5.75 Å². The molecule has 3 rings (SSSR count). The van der Waals surface area contributed by atoms with Gasteiger partial charge in [-0.3, -0.25) is 23.7 Å². The Morgan fingerprint density at radius 3 is 2.72 bits per heavy atom. The molecule has 0 radical (unpaired) electrons. The van der Waals surface area contributed by atoms with Gasteiger partial charge in [-0.15, -0.1) is 0 Å². The van der Waals surface area contributed by atoms with E-state index in [1.54, 1.807) is 56.3 Å². The number of carbonyl (C=O) groups excluding carboxylic acids is 1. The van der Waals surface area contributed by atoms with E-state index in [1.807, 2.05) is 6.26 Å². The highest BCUT2D eigenvalue weighted by molar-refractivity contribution is 7.98. The first-order valence-corrected chi connectivity index (χ1v) is 14.3. The van der Waals surface area contributed by atoms with Crippen LogP contribution in [-0.2, 0) is 23.4 Å². The Hall–Kier alpha value is -2.63. The van der Waals surface area contributed by atoms with Crippen LogP contribution in [-0.4, -0.2) is 52.9 Å². The number of carbonyl (C=O) groups is 1. The third-order valence-electron chi connectivity index (χ3n) is 5.10. The second-order valence-electron chi connectivity index (χ2n) is 7.84. The Morgan fingerprint density at radius 1 is 1.28 bits per heavy atom. The summed E-state index contributed by atoms with van der Waals surface area (Å²) < 4.78 is 37.4. The molecule has 2 N–H and O–H groups in total. The molecule has 1 aromatic carbocycles. The van der Waals surface area contributed by atoms with Crippen LogP contribution < -0.4 is 20.9 Å². The second kappa shape index (κ2) is 13.1. The van der Waals surface area contributed by atoms with Gasteiger partial charge in [0.15, 0.2) is 6.23 Å². The van der Waals surface area contributed by atoms with Crippen LogP contribution in [0, 0.1) is 6.92 Å². The number of rotatable bonds is 13. The van der Waals surface area contributed by atoms with Crippen LogP contribution in [0.4, 0.5) is 0 Å². The van der Waals surface area contributed by atoms with Crippen molar-refractivity contribution in [3.8, 4) is 5.75 Å². The molecule has 1 unspecified atom stereocenters. The smallest absolute Gasteiger partial charge is 0.459 e. The lowest BCUT2D eigenvalue weighted by molar-refractivity contribution is -0.145. The van der Waals surface area contributed by atoms with E-state index in [-0.39, 0.29) is 19.0 Å².